The Hall–Kier alpha value is 0.0638. The van der Waals surface area contributed by atoms with Crippen LogP contribution >= 0.6 is 0 Å². The van der Waals surface area contributed by atoms with Crippen LogP contribution in [0.3, 0.4) is 0 Å². The Kier molecular flexibility index (Phi) is 4.08. The number of nitrogens with zero attached hydrogens (tertiary/aromatic N) is 1. The molecule has 2 nitrogen and oxygen atoms in total. The van der Waals surface area contributed by atoms with Crippen LogP contribution in [0.4, 0.5) is 0 Å². The molecule has 0 fully saturated rings. The molecule has 0 saturated heterocycles. The van der Waals surface area contributed by atoms with E-state index in [4.69, 9.17) is 0 Å². The number of aliphatic hydroxyl groups is 1. The predicted octanol–water partition coefficient (Wildman–Crippen LogP) is 2.52. The van der Waals surface area contributed by atoms with Crippen molar-refractivity contribution in [2.75, 3.05) is 0 Å². The van der Waals surface area contributed by atoms with Crippen LogP contribution in [0.25, 0.3) is 0 Å². The van der Waals surface area contributed by atoms with E-state index in [1.165, 1.54) is 0 Å². The molecule has 0 heterocycles. The molecular weight excluding hydrogens is 194 g/mol. The summed E-state index contributed by atoms with van der Waals surface area (Å²) in [4.78, 5) is 0. The molecule has 0 aromatic rings. The minimum absolute atomic E-state index is 0.278. The maximum absolute atomic E-state index is 9.97. The summed E-state index contributed by atoms with van der Waals surface area (Å²) < 4.78 is 4.62. The molecule has 0 aliphatic heterocycles. The van der Waals surface area contributed by atoms with Crippen molar-refractivity contribution in [1.29, 1.82) is 0 Å². The summed E-state index contributed by atoms with van der Waals surface area (Å²) in [5.74, 6) is 0. The lowest BCUT2D eigenvalue weighted by Crippen LogP contribution is -2.44. The van der Waals surface area contributed by atoms with Crippen molar-refractivity contribution in [2.24, 2.45) is 4.66 Å². The van der Waals surface area contributed by atoms with Crippen LogP contribution < -0.4 is 0 Å². The fourth-order valence-electron chi connectivity index (χ4n) is 1.22. The molecular formula is C9H23NOSi2. The Morgan fingerprint density at radius 3 is 1.69 bits per heavy atom. The van der Waals surface area contributed by atoms with Crippen molar-refractivity contribution in [1.82, 2.24) is 0 Å². The molecule has 0 aliphatic carbocycles. The molecule has 1 atom stereocenters. The quantitative estimate of drug-likeness (QED) is 0.572. The number of aliphatic hydroxyl groups excluding tert-OH is 1. The van der Waals surface area contributed by atoms with Gasteiger partial charge in [-0.05, 0) is 26.6 Å². The van der Waals surface area contributed by atoms with Crippen molar-refractivity contribution < 1.29 is 5.11 Å². The van der Waals surface area contributed by atoms with Gasteiger partial charge in [0, 0.05) is 5.71 Å². The first-order chi connectivity index (χ1) is 5.54. The van der Waals surface area contributed by atoms with Gasteiger partial charge in [0.1, 0.15) is 0 Å². The van der Waals surface area contributed by atoms with Crippen molar-refractivity contribution >= 4 is 22.0 Å². The first-order valence-electron chi connectivity index (χ1n) is 4.78. The molecule has 0 rings (SSSR count). The molecule has 0 radical (unpaired) electrons. The van der Waals surface area contributed by atoms with E-state index in [1.807, 2.05) is 6.92 Å². The maximum Gasteiger partial charge on any atom is 0.172 e. The first-order valence-corrected chi connectivity index (χ1v) is 11.8. The highest BCUT2D eigenvalue weighted by Gasteiger charge is 2.27. The third kappa shape index (κ3) is 5.38. The van der Waals surface area contributed by atoms with Crippen LogP contribution in [0.1, 0.15) is 6.92 Å². The minimum atomic E-state index is -1.48. The molecule has 0 amide bonds. The van der Waals surface area contributed by atoms with Gasteiger partial charge in [-0.25, -0.2) is 0 Å². The zero-order chi connectivity index (χ0) is 10.9. The zero-order valence-electron chi connectivity index (χ0n) is 9.97. The second-order valence-corrected chi connectivity index (χ2v) is 15.5. The molecule has 0 aromatic heterocycles. The van der Waals surface area contributed by atoms with E-state index in [-0.39, 0.29) is 5.73 Å². The Morgan fingerprint density at radius 2 is 1.46 bits per heavy atom. The molecule has 1 unspecified atom stereocenters. The minimum Gasteiger partial charge on any atom is -0.391 e. The molecule has 0 aromatic carbocycles. The lowest BCUT2D eigenvalue weighted by Gasteiger charge is -2.25. The summed E-state index contributed by atoms with van der Waals surface area (Å²) in [5, 5.41) is 9.97. The van der Waals surface area contributed by atoms with Gasteiger partial charge >= 0.3 is 0 Å². The number of rotatable bonds is 3. The highest BCUT2D eigenvalue weighted by Crippen LogP contribution is 2.12. The number of hydrogen-bond donors (Lipinski definition) is 1. The highest BCUT2D eigenvalue weighted by molar-refractivity contribution is 6.81. The fraction of sp³-hybridized carbons (Fsp3) is 0.889. The molecule has 78 valence electrons. The smallest absolute Gasteiger partial charge is 0.172 e. The SMILES string of the molecule is CC(=N[Si](C)(C)C)C(O)[Si](C)(C)C. The maximum atomic E-state index is 9.97. The van der Waals surface area contributed by atoms with E-state index in [0.29, 0.717) is 0 Å². The van der Waals surface area contributed by atoms with Crippen molar-refractivity contribution in [3.8, 4) is 0 Å². The van der Waals surface area contributed by atoms with Crippen molar-refractivity contribution in [2.45, 2.75) is 51.9 Å². The summed E-state index contributed by atoms with van der Waals surface area (Å²) >= 11 is 0. The highest BCUT2D eigenvalue weighted by atomic mass is 28.3. The van der Waals surface area contributed by atoms with Gasteiger partial charge in [-0.3, -0.25) is 0 Å². The second kappa shape index (κ2) is 4.06. The van der Waals surface area contributed by atoms with Gasteiger partial charge in [-0.15, -0.1) is 0 Å². The van der Waals surface area contributed by atoms with E-state index in [9.17, 15) is 5.11 Å². The summed E-state index contributed by atoms with van der Waals surface area (Å²) in [5.41, 5.74) is 0.664. The molecule has 0 spiro atoms. The molecule has 0 aliphatic rings. The van der Waals surface area contributed by atoms with Gasteiger partial charge < -0.3 is 9.76 Å². The van der Waals surface area contributed by atoms with Gasteiger partial charge in [0.25, 0.3) is 0 Å². The summed E-state index contributed by atoms with van der Waals surface area (Å²) in [6.45, 7) is 15.0. The van der Waals surface area contributed by atoms with Crippen LogP contribution in [0.15, 0.2) is 4.66 Å². The second-order valence-electron chi connectivity index (χ2n) is 5.69. The number of hydrogen-bond acceptors (Lipinski definition) is 2. The van der Waals surface area contributed by atoms with Crippen LogP contribution in [-0.2, 0) is 0 Å². The van der Waals surface area contributed by atoms with Gasteiger partial charge in [-0.1, -0.05) is 19.6 Å². The molecule has 4 heteroatoms. The van der Waals surface area contributed by atoms with Crippen LogP contribution in [-0.4, -0.2) is 32.9 Å². The summed E-state index contributed by atoms with van der Waals surface area (Å²) in [7, 11) is -2.89. The van der Waals surface area contributed by atoms with E-state index in [0.717, 1.165) is 5.71 Å². The van der Waals surface area contributed by atoms with E-state index in [1.54, 1.807) is 0 Å². The zero-order valence-corrected chi connectivity index (χ0v) is 12.0. The largest absolute Gasteiger partial charge is 0.391 e. The van der Waals surface area contributed by atoms with E-state index in [2.05, 4.69) is 43.9 Å². The fourth-order valence-corrected chi connectivity index (χ4v) is 3.84. The lowest BCUT2D eigenvalue weighted by molar-refractivity contribution is 0.307. The van der Waals surface area contributed by atoms with Crippen molar-refractivity contribution in [3.05, 3.63) is 0 Å². The third-order valence-electron chi connectivity index (χ3n) is 1.73. The topological polar surface area (TPSA) is 32.6 Å². The summed E-state index contributed by atoms with van der Waals surface area (Å²) in [6, 6.07) is 0. The van der Waals surface area contributed by atoms with Crippen molar-refractivity contribution in [3.63, 3.8) is 0 Å². The predicted molar refractivity (Wildman–Crippen MR) is 65.8 cm³/mol. The molecule has 13 heavy (non-hydrogen) atoms. The van der Waals surface area contributed by atoms with E-state index >= 15 is 0 Å². The third-order valence-corrected chi connectivity index (χ3v) is 4.81. The first kappa shape index (κ1) is 13.1. The Morgan fingerprint density at radius 1 is 1.08 bits per heavy atom. The Labute approximate surface area is 84.2 Å². The van der Waals surface area contributed by atoms with Crippen LogP contribution in [0.2, 0.25) is 39.3 Å². The standard InChI is InChI=1S/C9H23NOSi2/c1-8(10-13(5,6)7)9(11)12(2,3)4/h9,11H,1-7H3. The lowest BCUT2D eigenvalue weighted by atomic mass is 10.5. The Bertz CT molecular complexity index is 201. The monoisotopic (exact) mass is 217 g/mol. The molecule has 0 bridgehead atoms. The molecule has 1 N–H and O–H groups in total. The van der Waals surface area contributed by atoms with Gasteiger partial charge in [0.2, 0.25) is 0 Å². The van der Waals surface area contributed by atoms with Crippen LogP contribution in [0, 0.1) is 0 Å². The molecule has 0 saturated carbocycles. The summed E-state index contributed by atoms with van der Waals surface area (Å²) in [6.07, 6.45) is 0. The average molecular weight is 217 g/mol. The van der Waals surface area contributed by atoms with Gasteiger partial charge in [0.05, 0.1) is 13.8 Å². The van der Waals surface area contributed by atoms with E-state index < -0.39 is 16.3 Å². The Balaban J connectivity index is 4.62. The van der Waals surface area contributed by atoms with Gasteiger partial charge in [-0.2, -0.15) is 0 Å². The normalized spacial score (nSPS) is 17.4. The van der Waals surface area contributed by atoms with Crippen LogP contribution in [0.5, 0.6) is 0 Å². The van der Waals surface area contributed by atoms with Gasteiger partial charge in [0.15, 0.2) is 8.24 Å². The average Bonchev–Trinajstić information content (AvgIpc) is 1.79.